The summed E-state index contributed by atoms with van der Waals surface area (Å²) in [5.74, 6) is -0.0186. The Kier molecular flexibility index (Phi) is 4.58. The Bertz CT molecular complexity index is 721. The first-order valence-corrected chi connectivity index (χ1v) is 9.79. The van der Waals surface area contributed by atoms with Crippen LogP contribution in [-0.4, -0.2) is 51.5 Å². The summed E-state index contributed by atoms with van der Waals surface area (Å²) in [6.07, 6.45) is 5.10. The molecule has 3 N–H and O–H groups in total. The molecule has 1 amide bonds. The molecule has 0 radical (unpaired) electrons. The first kappa shape index (κ1) is 16.7. The second-order valence-corrected chi connectivity index (χ2v) is 7.83. The minimum Gasteiger partial charge on any atom is -0.329 e. The molecule has 134 valence electrons. The number of carbonyl (C=O) groups excluding carboxylic acids is 1. The summed E-state index contributed by atoms with van der Waals surface area (Å²) >= 11 is 1.67. The van der Waals surface area contributed by atoms with E-state index in [2.05, 4.69) is 32.5 Å². The summed E-state index contributed by atoms with van der Waals surface area (Å²) in [7, 11) is 0. The number of carbonyl (C=O) groups is 1. The van der Waals surface area contributed by atoms with E-state index in [1.165, 1.54) is 5.56 Å². The lowest BCUT2D eigenvalue weighted by atomic mass is 9.93. The molecule has 25 heavy (non-hydrogen) atoms. The number of amides is 1. The molecular weight excluding hydrogens is 336 g/mol. The molecule has 0 aromatic carbocycles. The summed E-state index contributed by atoms with van der Waals surface area (Å²) in [5, 5.41) is 15.7. The summed E-state index contributed by atoms with van der Waals surface area (Å²) < 4.78 is 1.64. The van der Waals surface area contributed by atoms with E-state index in [4.69, 9.17) is 5.73 Å². The monoisotopic (exact) mass is 360 g/mol. The molecule has 1 saturated heterocycles. The van der Waals surface area contributed by atoms with Gasteiger partial charge in [-0.15, -0.1) is 5.10 Å². The second kappa shape index (κ2) is 6.86. The van der Waals surface area contributed by atoms with Crippen molar-refractivity contribution in [2.75, 3.05) is 19.6 Å². The van der Waals surface area contributed by atoms with Gasteiger partial charge in [-0.3, -0.25) is 9.48 Å². The molecular formula is C17H24N6OS. The Hall–Kier alpha value is -1.77. The van der Waals surface area contributed by atoms with E-state index >= 15 is 0 Å². The van der Waals surface area contributed by atoms with Crippen LogP contribution in [0, 0.1) is 5.41 Å². The molecule has 4 rings (SSSR count). The van der Waals surface area contributed by atoms with Crippen LogP contribution in [0.4, 0.5) is 0 Å². The first-order chi connectivity index (χ1) is 12.2. The van der Waals surface area contributed by atoms with Gasteiger partial charge in [-0.05, 0) is 60.2 Å². The van der Waals surface area contributed by atoms with E-state index in [-0.39, 0.29) is 5.91 Å². The molecule has 8 heteroatoms. The normalized spacial score (nSPS) is 21.4. The van der Waals surface area contributed by atoms with E-state index in [1.807, 2.05) is 4.90 Å². The minimum absolute atomic E-state index is 0.0186. The molecule has 3 heterocycles. The Morgan fingerprint density at radius 1 is 1.48 bits per heavy atom. The fraction of sp³-hybridized carbons (Fsp3) is 0.588. The van der Waals surface area contributed by atoms with Crippen molar-refractivity contribution in [3.05, 3.63) is 34.3 Å². The lowest BCUT2D eigenvalue weighted by Gasteiger charge is -2.29. The molecule has 2 aromatic heterocycles. The third-order valence-corrected chi connectivity index (χ3v) is 6.16. The molecule has 0 bridgehead atoms. The Morgan fingerprint density at radius 2 is 2.32 bits per heavy atom. The quantitative estimate of drug-likeness (QED) is 0.805. The Labute approximate surface area is 151 Å². The van der Waals surface area contributed by atoms with Crippen molar-refractivity contribution >= 4 is 17.2 Å². The van der Waals surface area contributed by atoms with Crippen molar-refractivity contribution < 1.29 is 4.79 Å². The molecule has 2 aliphatic rings. The standard InChI is InChI=1S/C17H24N6OS/c18-4-7-22-11-14(20-21-22)16(24)23(10-13-1-8-25-12-13)15-9-17(15)2-5-19-6-3-17/h1,8,11-12,15,19H,2-7,9-10,18H2. The number of nitrogens with one attached hydrogen (secondary N) is 1. The highest BCUT2D eigenvalue weighted by Gasteiger charge is 2.58. The predicted molar refractivity (Wildman–Crippen MR) is 96.2 cm³/mol. The highest BCUT2D eigenvalue weighted by molar-refractivity contribution is 7.07. The fourth-order valence-corrected chi connectivity index (χ4v) is 4.58. The van der Waals surface area contributed by atoms with Gasteiger partial charge in [0.05, 0.1) is 12.7 Å². The minimum atomic E-state index is -0.0186. The van der Waals surface area contributed by atoms with Crippen LogP contribution in [-0.2, 0) is 13.1 Å². The smallest absolute Gasteiger partial charge is 0.276 e. The van der Waals surface area contributed by atoms with E-state index in [9.17, 15) is 4.79 Å². The SMILES string of the molecule is NCCn1cc(C(=O)N(Cc2ccsc2)C2CC23CCNCC3)nn1. The molecule has 1 atom stereocenters. The molecule has 1 saturated carbocycles. The zero-order valence-electron chi connectivity index (χ0n) is 14.2. The van der Waals surface area contributed by atoms with Crippen LogP contribution in [0.25, 0.3) is 0 Å². The first-order valence-electron chi connectivity index (χ1n) is 8.85. The third kappa shape index (κ3) is 3.33. The van der Waals surface area contributed by atoms with Gasteiger partial charge in [0.15, 0.2) is 5.69 Å². The molecule has 1 unspecified atom stereocenters. The number of hydrogen-bond acceptors (Lipinski definition) is 6. The molecule has 1 spiro atoms. The van der Waals surface area contributed by atoms with Crippen molar-refractivity contribution in [3.8, 4) is 0 Å². The van der Waals surface area contributed by atoms with Crippen molar-refractivity contribution in [3.63, 3.8) is 0 Å². The van der Waals surface area contributed by atoms with E-state index in [0.29, 0.717) is 36.8 Å². The fourth-order valence-electron chi connectivity index (χ4n) is 3.92. The highest BCUT2D eigenvalue weighted by Crippen LogP contribution is 2.56. The number of nitrogens with two attached hydrogens (primary N) is 1. The average molecular weight is 360 g/mol. The topological polar surface area (TPSA) is 89.1 Å². The van der Waals surface area contributed by atoms with Gasteiger partial charge in [-0.25, -0.2) is 0 Å². The zero-order valence-corrected chi connectivity index (χ0v) is 15.0. The lowest BCUT2D eigenvalue weighted by Crippen LogP contribution is -2.39. The van der Waals surface area contributed by atoms with Gasteiger partial charge >= 0.3 is 0 Å². The van der Waals surface area contributed by atoms with Gasteiger partial charge < -0.3 is 16.0 Å². The molecule has 7 nitrogen and oxygen atoms in total. The third-order valence-electron chi connectivity index (χ3n) is 5.43. The van der Waals surface area contributed by atoms with Crippen LogP contribution in [0.3, 0.4) is 0 Å². The molecule has 1 aliphatic heterocycles. The van der Waals surface area contributed by atoms with E-state index in [1.54, 1.807) is 22.2 Å². The maximum Gasteiger partial charge on any atom is 0.276 e. The summed E-state index contributed by atoms with van der Waals surface area (Å²) in [5.41, 5.74) is 7.46. The maximum absolute atomic E-state index is 13.2. The summed E-state index contributed by atoms with van der Waals surface area (Å²) in [6, 6.07) is 2.40. The van der Waals surface area contributed by atoms with Crippen LogP contribution in [0.2, 0.25) is 0 Å². The van der Waals surface area contributed by atoms with E-state index < -0.39 is 0 Å². The van der Waals surface area contributed by atoms with Gasteiger partial charge in [0, 0.05) is 19.1 Å². The van der Waals surface area contributed by atoms with Gasteiger partial charge in [0.25, 0.3) is 5.91 Å². The van der Waals surface area contributed by atoms with Gasteiger partial charge in [0.2, 0.25) is 0 Å². The Morgan fingerprint density at radius 3 is 3.04 bits per heavy atom. The van der Waals surface area contributed by atoms with Crippen LogP contribution in [0.1, 0.15) is 35.3 Å². The number of piperidine rings is 1. The zero-order chi connectivity index (χ0) is 17.3. The van der Waals surface area contributed by atoms with Gasteiger partial charge in [-0.2, -0.15) is 11.3 Å². The molecule has 1 aliphatic carbocycles. The van der Waals surface area contributed by atoms with Crippen molar-refractivity contribution in [2.45, 2.75) is 38.4 Å². The predicted octanol–water partition coefficient (Wildman–Crippen LogP) is 1.08. The molecule has 2 fully saturated rings. The number of aromatic nitrogens is 3. The summed E-state index contributed by atoms with van der Waals surface area (Å²) in [4.78, 5) is 15.2. The van der Waals surface area contributed by atoms with Crippen LogP contribution in [0.5, 0.6) is 0 Å². The van der Waals surface area contributed by atoms with Crippen LogP contribution in [0.15, 0.2) is 23.0 Å². The van der Waals surface area contributed by atoms with Crippen molar-refractivity contribution in [1.29, 1.82) is 0 Å². The second-order valence-electron chi connectivity index (χ2n) is 7.05. The number of hydrogen-bond donors (Lipinski definition) is 2. The van der Waals surface area contributed by atoms with Crippen LogP contribution < -0.4 is 11.1 Å². The van der Waals surface area contributed by atoms with Crippen molar-refractivity contribution in [1.82, 2.24) is 25.2 Å². The number of thiophene rings is 1. The summed E-state index contributed by atoms with van der Waals surface area (Å²) in [6.45, 7) is 3.79. The van der Waals surface area contributed by atoms with Gasteiger partial charge in [-0.1, -0.05) is 5.21 Å². The molecule has 2 aromatic rings. The van der Waals surface area contributed by atoms with Crippen LogP contribution >= 0.6 is 11.3 Å². The van der Waals surface area contributed by atoms with Crippen molar-refractivity contribution in [2.24, 2.45) is 11.1 Å². The van der Waals surface area contributed by atoms with Gasteiger partial charge in [0.1, 0.15) is 0 Å². The van der Waals surface area contributed by atoms with E-state index in [0.717, 1.165) is 32.4 Å². The largest absolute Gasteiger partial charge is 0.329 e. The number of nitrogens with zero attached hydrogens (tertiary/aromatic N) is 4. The highest BCUT2D eigenvalue weighted by atomic mass is 32.1. The Balaban J connectivity index is 1.55. The average Bonchev–Trinajstić information content (AvgIpc) is 3.04. The lowest BCUT2D eigenvalue weighted by molar-refractivity contribution is 0.0686. The number of rotatable bonds is 6. The maximum atomic E-state index is 13.2.